The third-order valence-electron chi connectivity index (χ3n) is 3.76. The number of amides is 1. The number of nitrogens with zero attached hydrogens (tertiary/aromatic N) is 1. The van der Waals surface area contributed by atoms with Crippen molar-refractivity contribution in [1.82, 2.24) is 4.90 Å². The molecule has 1 fully saturated rings. The van der Waals surface area contributed by atoms with Crippen LogP contribution in [0, 0.1) is 13.8 Å². The molecule has 112 valence electrons. The van der Waals surface area contributed by atoms with E-state index in [0.717, 1.165) is 24.2 Å². The number of ether oxygens (including phenoxy) is 1. The van der Waals surface area contributed by atoms with Gasteiger partial charge >= 0.3 is 0 Å². The summed E-state index contributed by atoms with van der Waals surface area (Å²) in [4.78, 5) is 14.1. The molecule has 0 radical (unpaired) electrons. The van der Waals surface area contributed by atoms with E-state index in [1.165, 1.54) is 0 Å². The van der Waals surface area contributed by atoms with Crippen molar-refractivity contribution in [2.75, 3.05) is 26.3 Å². The van der Waals surface area contributed by atoms with E-state index in [-0.39, 0.29) is 18.6 Å². The molecule has 1 saturated heterocycles. The molecule has 0 unspecified atom stereocenters. The smallest absolute Gasteiger partial charge is 0.289 e. The van der Waals surface area contributed by atoms with Gasteiger partial charge in [-0.25, -0.2) is 0 Å². The van der Waals surface area contributed by atoms with E-state index in [4.69, 9.17) is 14.3 Å². The number of aryl methyl sites for hydroxylation is 2. The van der Waals surface area contributed by atoms with Gasteiger partial charge in [0.1, 0.15) is 5.76 Å². The van der Waals surface area contributed by atoms with Gasteiger partial charge in [-0.15, -0.1) is 0 Å². The Morgan fingerprint density at radius 2 is 2.15 bits per heavy atom. The molecule has 5 heteroatoms. The number of aliphatic hydroxyl groups excluding tert-OH is 1. The number of carbonyl (C=O) groups is 1. The Hall–Kier alpha value is -1.33. The number of aliphatic hydroxyl groups is 1. The molecule has 0 atom stereocenters. The first-order valence-corrected chi connectivity index (χ1v) is 7.20. The Bertz CT molecular complexity index is 427. The Balaban J connectivity index is 1.82. The van der Waals surface area contributed by atoms with E-state index in [9.17, 15) is 4.79 Å². The summed E-state index contributed by atoms with van der Waals surface area (Å²) in [6.07, 6.45) is 2.56. The van der Waals surface area contributed by atoms with Gasteiger partial charge in [0.25, 0.3) is 5.91 Å². The summed E-state index contributed by atoms with van der Waals surface area (Å²) < 4.78 is 11.1. The van der Waals surface area contributed by atoms with Crippen molar-refractivity contribution in [2.45, 2.75) is 39.2 Å². The molecule has 0 aromatic carbocycles. The van der Waals surface area contributed by atoms with Gasteiger partial charge in [0.2, 0.25) is 0 Å². The number of furan rings is 1. The first kappa shape index (κ1) is 15.1. The van der Waals surface area contributed by atoms with Crippen LogP contribution in [0.3, 0.4) is 0 Å². The van der Waals surface area contributed by atoms with Crippen LogP contribution in [0.4, 0.5) is 0 Å². The number of likely N-dealkylation sites (tertiary alicyclic amines) is 1. The highest BCUT2D eigenvalue weighted by Crippen LogP contribution is 2.19. The quantitative estimate of drug-likeness (QED) is 0.837. The average Bonchev–Trinajstić information content (AvgIpc) is 2.79. The van der Waals surface area contributed by atoms with Crippen LogP contribution in [-0.4, -0.2) is 48.3 Å². The van der Waals surface area contributed by atoms with E-state index in [0.29, 0.717) is 31.9 Å². The summed E-state index contributed by atoms with van der Waals surface area (Å²) >= 11 is 0. The predicted molar refractivity (Wildman–Crippen MR) is 74.8 cm³/mol. The minimum absolute atomic E-state index is 0.0324. The van der Waals surface area contributed by atoms with Crippen molar-refractivity contribution in [1.29, 1.82) is 0 Å². The molecule has 1 aromatic heterocycles. The lowest BCUT2D eigenvalue weighted by Crippen LogP contribution is -2.40. The van der Waals surface area contributed by atoms with Gasteiger partial charge in [-0.05, 0) is 44.7 Å². The van der Waals surface area contributed by atoms with Gasteiger partial charge in [0.15, 0.2) is 5.76 Å². The van der Waals surface area contributed by atoms with Crippen LogP contribution in [0.15, 0.2) is 10.5 Å². The number of hydrogen-bond acceptors (Lipinski definition) is 4. The van der Waals surface area contributed by atoms with Crippen LogP contribution < -0.4 is 0 Å². The molecule has 1 N–H and O–H groups in total. The van der Waals surface area contributed by atoms with Gasteiger partial charge in [0, 0.05) is 26.3 Å². The molecule has 0 saturated carbocycles. The van der Waals surface area contributed by atoms with Crippen molar-refractivity contribution >= 4 is 5.91 Å². The standard InChI is InChI=1S/C15H23NO4/c1-11-10-14(20-12(11)2)15(18)16-6-4-13(5-7-16)19-9-3-8-17/h10,13,17H,3-9H2,1-2H3. The Morgan fingerprint density at radius 3 is 2.70 bits per heavy atom. The van der Waals surface area contributed by atoms with Crippen LogP contribution >= 0.6 is 0 Å². The van der Waals surface area contributed by atoms with Gasteiger partial charge in [-0.1, -0.05) is 0 Å². The number of piperidine rings is 1. The Kier molecular flexibility index (Phi) is 5.20. The van der Waals surface area contributed by atoms with E-state index in [1.807, 2.05) is 24.8 Å². The van der Waals surface area contributed by atoms with E-state index in [2.05, 4.69) is 0 Å². The molecule has 2 rings (SSSR count). The minimum Gasteiger partial charge on any atom is -0.456 e. The number of carbonyl (C=O) groups excluding carboxylic acids is 1. The molecule has 0 spiro atoms. The fourth-order valence-electron chi connectivity index (χ4n) is 2.37. The van der Waals surface area contributed by atoms with E-state index in [1.54, 1.807) is 0 Å². The lowest BCUT2D eigenvalue weighted by molar-refractivity contribution is 0.00324. The SMILES string of the molecule is Cc1cc(C(=O)N2CCC(OCCCO)CC2)oc1C. The lowest BCUT2D eigenvalue weighted by Gasteiger charge is -2.31. The van der Waals surface area contributed by atoms with Crippen LogP contribution in [0.25, 0.3) is 0 Å². The second-order valence-corrected chi connectivity index (χ2v) is 5.29. The predicted octanol–water partition coefficient (Wildman–Crippen LogP) is 1.90. The van der Waals surface area contributed by atoms with E-state index >= 15 is 0 Å². The molecule has 1 amide bonds. The van der Waals surface area contributed by atoms with Crippen LogP contribution in [0.2, 0.25) is 0 Å². The lowest BCUT2D eigenvalue weighted by atomic mass is 10.1. The van der Waals surface area contributed by atoms with E-state index < -0.39 is 0 Å². The normalized spacial score (nSPS) is 16.6. The highest BCUT2D eigenvalue weighted by atomic mass is 16.5. The third-order valence-corrected chi connectivity index (χ3v) is 3.76. The van der Waals surface area contributed by atoms with Gasteiger partial charge in [-0.2, -0.15) is 0 Å². The zero-order valence-corrected chi connectivity index (χ0v) is 12.2. The summed E-state index contributed by atoms with van der Waals surface area (Å²) in [7, 11) is 0. The maximum Gasteiger partial charge on any atom is 0.289 e. The minimum atomic E-state index is -0.0324. The van der Waals surface area contributed by atoms with Crippen molar-refractivity contribution in [3.05, 3.63) is 23.2 Å². The van der Waals surface area contributed by atoms with Crippen molar-refractivity contribution in [2.24, 2.45) is 0 Å². The zero-order chi connectivity index (χ0) is 14.5. The van der Waals surface area contributed by atoms with Gasteiger partial charge in [-0.3, -0.25) is 4.79 Å². The summed E-state index contributed by atoms with van der Waals surface area (Å²) in [5.74, 6) is 1.20. The maximum atomic E-state index is 12.3. The van der Waals surface area contributed by atoms with Crippen molar-refractivity contribution in [3.63, 3.8) is 0 Å². The summed E-state index contributed by atoms with van der Waals surface area (Å²) in [6.45, 7) is 5.95. The molecule has 0 bridgehead atoms. The van der Waals surface area contributed by atoms with Crippen molar-refractivity contribution < 1.29 is 19.1 Å². The summed E-state index contributed by atoms with van der Waals surface area (Å²) in [5, 5.41) is 8.72. The molecule has 5 nitrogen and oxygen atoms in total. The number of rotatable bonds is 5. The van der Waals surface area contributed by atoms with Crippen LogP contribution in [0.5, 0.6) is 0 Å². The maximum absolute atomic E-state index is 12.3. The first-order valence-electron chi connectivity index (χ1n) is 7.20. The molecule has 1 aliphatic rings. The molecular weight excluding hydrogens is 258 g/mol. The highest BCUT2D eigenvalue weighted by Gasteiger charge is 2.26. The molecule has 1 aliphatic heterocycles. The molecule has 0 aliphatic carbocycles. The number of hydrogen-bond donors (Lipinski definition) is 1. The van der Waals surface area contributed by atoms with Gasteiger partial charge in [0.05, 0.1) is 6.10 Å². The molecular formula is C15H23NO4. The monoisotopic (exact) mass is 281 g/mol. The Morgan fingerprint density at radius 1 is 1.45 bits per heavy atom. The van der Waals surface area contributed by atoms with Crippen LogP contribution in [-0.2, 0) is 4.74 Å². The largest absolute Gasteiger partial charge is 0.456 e. The fourth-order valence-corrected chi connectivity index (χ4v) is 2.37. The summed E-state index contributed by atoms with van der Waals surface area (Å²) in [6, 6.07) is 1.81. The summed E-state index contributed by atoms with van der Waals surface area (Å²) in [5.41, 5.74) is 1.01. The zero-order valence-electron chi connectivity index (χ0n) is 12.2. The van der Waals surface area contributed by atoms with Crippen LogP contribution in [0.1, 0.15) is 41.1 Å². The fraction of sp³-hybridized carbons (Fsp3) is 0.667. The Labute approximate surface area is 119 Å². The molecule has 20 heavy (non-hydrogen) atoms. The third kappa shape index (κ3) is 3.61. The van der Waals surface area contributed by atoms with Gasteiger partial charge < -0.3 is 19.2 Å². The average molecular weight is 281 g/mol. The second-order valence-electron chi connectivity index (χ2n) is 5.29. The van der Waals surface area contributed by atoms with Crippen molar-refractivity contribution in [3.8, 4) is 0 Å². The topological polar surface area (TPSA) is 62.9 Å². The second kappa shape index (κ2) is 6.90. The molecule has 2 heterocycles. The highest BCUT2D eigenvalue weighted by molar-refractivity contribution is 5.91. The first-order chi connectivity index (χ1) is 9.61. The molecule has 1 aromatic rings.